The number of hydrogen-bond donors (Lipinski definition) is 1. The van der Waals surface area contributed by atoms with E-state index in [9.17, 15) is 9.59 Å². The summed E-state index contributed by atoms with van der Waals surface area (Å²) in [5.74, 6) is -0.0451. The van der Waals surface area contributed by atoms with Crippen molar-refractivity contribution in [2.24, 2.45) is 0 Å². The number of anilines is 3. The molecule has 1 N–H and O–H groups in total. The van der Waals surface area contributed by atoms with Crippen LogP contribution in [-0.4, -0.2) is 32.0 Å². The Kier molecular flexibility index (Phi) is 5.57. The molecule has 0 spiro atoms. The fourth-order valence-corrected chi connectivity index (χ4v) is 4.36. The molecule has 2 aliphatic rings. The Labute approximate surface area is 193 Å². The summed E-state index contributed by atoms with van der Waals surface area (Å²) in [5, 5.41) is 3.23. The van der Waals surface area contributed by atoms with Crippen LogP contribution in [-0.2, 0) is 9.59 Å². The summed E-state index contributed by atoms with van der Waals surface area (Å²) in [7, 11) is 1.59. The Hall–Kier alpha value is -4.06. The highest BCUT2D eigenvalue weighted by atomic mass is 16.5. The van der Waals surface area contributed by atoms with Crippen molar-refractivity contribution < 1.29 is 14.3 Å². The lowest BCUT2D eigenvalue weighted by Gasteiger charge is -2.18. The summed E-state index contributed by atoms with van der Waals surface area (Å²) in [6.07, 6.45) is 2.42. The molecule has 0 atom stereocenters. The molecule has 2 amide bonds. The van der Waals surface area contributed by atoms with E-state index in [0.717, 1.165) is 18.8 Å². The maximum absolute atomic E-state index is 13.5. The molecule has 0 radical (unpaired) electrons. The molecule has 1 saturated heterocycles. The molecular formula is C27H25N3O3. The van der Waals surface area contributed by atoms with Crippen LogP contribution in [0.1, 0.15) is 18.4 Å². The van der Waals surface area contributed by atoms with E-state index >= 15 is 0 Å². The van der Waals surface area contributed by atoms with Crippen molar-refractivity contribution in [2.75, 3.05) is 35.3 Å². The van der Waals surface area contributed by atoms with Crippen LogP contribution in [0.5, 0.6) is 5.75 Å². The van der Waals surface area contributed by atoms with Crippen LogP contribution in [0.4, 0.5) is 17.1 Å². The molecule has 5 rings (SSSR count). The number of imide groups is 1. The standard InChI is InChI=1S/C27H25N3O3/c1-33-23-15-9-19(10-16-23)24-25(27(32)30(26(24)31)22-7-3-2-4-8-22)28-20-11-13-21(14-12-20)29-17-5-6-18-29/h2-4,7-16,28H,5-6,17-18H2,1H3. The molecule has 0 saturated carbocycles. The molecule has 0 aliphatic carbocycles. The second-order valence-corrected chi connectivity index (χ2v) is 8.13. The van der Waals surface area contributed by atoms with E-state index in [1.54, 1.807) is 43.5 Å². The van der Waals surface area contributed by atoms with Gasteiger partial charge in [-0.3, -0.25) is 9.59 Å². The highest BCUT2D eigenvalue weighted by Crippen LogP contribution is 2.34. The van der Waals surface area contributed by atoms with Gasteiger partial charge >= 0.3 is 0 Å². The van der Waals surface area contributed by atoms with Gasteiger partial charge in [0.25, 0.3) is 11.8 Å². The van der Waals surface area contributed by atoms with E-state index in [4.69, 9.17) is 4.74 Å². The molecule has 2 heterocycles. The average molecular weight is 440 g/mol. The van der Waals surface area contributed by atoms with Crippen molar-refractivity contribution in [3.8, 4) is 5.75 Å². The number of amides is 2. The van der Waals surface area contributed by atoms with Crippen LogP contribution in [0.25, 0.3) is 5.57 Å². The molecule has 0 aromatic heterocycles. The molecule has 6 heteroatoms. The minimum absolute atomic E-state index is 0.267. The minimum atomic E-state index is -0.374. The Morgan fingerprint density at radius 2 is 1.42 bits per heavy atom. The topological polar surface area (TPSA) is 61.9 Å². The third kappa shape index (κ3) is 3.96. The lowest BCUT2D eigenvalue weighted by Crippen LogP contribution is -2.32. The summed E-state index contributed by atoms with van der Waals surface area (Å²) >= 11 is 0. The molecule has 166 valence electrons. The third-order valence-electron chi connectivity index (χ3n) is 6.08. The zero-order chi connectivity index (χ0) is 22.8. The van der Waals surface area contributed by atoms with Gasteiger partial charge in [-0.2, -0.15) is 0 Å². The number of hydrogen-bond acceptors (Lipinski definition) is 5. The molecular weight excluding hydrogens is 414 g/mol. The lowest BCUT2D eigenvalue weighted by atomic mass is 10.0. The number of para-hydroxylation sites is 1. The molecule has 2 aliphatic heterocycles. The summed E-state index contributed by atoms with van der Waals surface area (Å²) in [5.41, 5.74) is 3.73. The number of nitrogens with one attached hydrogen (secondary N) is 1. The largest absolute Gasteiger partial charge is 0.497 e. The number of carbonyl (C=O) groups excluding carboxylic acids is 2. The quantitative estimate of drug-likeness (QED) is 0.565. The summed E-state index contributed by atoms with van der Waals surface area (Å²) in [6, 6.07) is 24.2. The van der Waals surface area contributed by atoms with Gasteiger partial charge in [0.2, 0.25) is 0 Å². The Balaban J connectivity index is 1.51. The molecule has 1 fully saturated rings. The maximum Gasteiger partial charge on any atom is 0.282 e. The minimum Gasteiger partial charge on any atom is -0.497 e. The van der Waals surface area contributed by atoms with E-state index in [1.807, 2.05) is 30.3 Å². The van der Waals surface area contributed by atoms with E-state index in [1.165, 1.54) is 23.4 Å². The van der Waals surface area contributed by atoms with E-state index in [0.29, 0.717) is 22.6 Å². The van der Waals surface area contributed by atoms with Crippen LogP contribution in [0.2, 0.25) is 0 Å². The van der Waals surface area contributed by atoms with Gasteiger partial charge in [-0.25, -0.2) is 4.90 Å². The van der Waals surface area contributed by atoms with Crippen molar-refractivity contribution in [1.29, 1.82) is 0 Å². The molecule has 0 bridgehead atoms. The highest BCUT2D eigenvalue weighted by Gasteiger charge is 2.40. The van der Waals surface area contributed by atoms with Gasteiger partial charge in [-0.1, -0.05) is 30.3 Å². The van der Waals surface area contributed by atoms with Gasteiger partial charge in [0.15, 0.2) is 0 Å². The average Bonchev–Trinajstić information content (AvgIpc) is 3.47. The van der Waals surface area contributed by atoms with Crippen LogP contribution in [0, 0.1) is 0 Å². The van der Waals surface area contributed by atoms with Crippen molar-refractivity contribution in [3.05, 3.63) is 90.1 Å². The van der Waals surface area contributed by atoms with E-state index in [-0.39, 0.29) is 17.5 Å². The second kappa shape index (κ2) is 8.82. The van der Waals surface area contributed by atoms with Crippen LogP contribution < -0.4 is 19.9 Å². The first-order valence-electron chi connectivity index (χ1n) is 11.1. The fraction of sp³-hybridized carbons (Fsp3) is 0.185. The van der Waals surface area contributed by atoms with Crippen LogP contribution in [0.3, 0.4) is 0 Å². The zero-order valence-corrected chi connectivity index (χ0v) is 18.5. The van der Waals surface area contributed by atoms with Crippen LogP contribution >= 0.6 is 0 Å². The monoisotopic (exact) mass is 439 g/mol. The molecule has 6 nitrogen and oxygen atoms in total. The Morgan fingerprint density at radius 1 is 0.758 bits per heavy atom. The third-order valence-corrected chi connectivity index (χ3v) is 6.08. The lowest BCUT2D eigenvalue weighted by molar-refractivity contribution is -0.120. The summed E-state index contributed by atoms with van der Waals surface area (Å²) < 4.78 is 5.25. The van der Waals surface area contributed by atoms with E-state index in [2.05, 4.69) is 22.3 Å². The van der Waals surface area contributed by atoms with Crippen LogP contribution in [0.15, 0.2) is 84.6 Å². The number of carbonyl (C=O) groups is 2. The number of nitrogens with zero attached hydrogens (tertiary/aromatic N) is 2. The number of benzene rings is 3. The van der Waals surface area contributed by atoms with Crippen molar-refractivity contribution >= 4 is 34.4 Å². The first kappa shape index (κ1) is 20.8. The second-order valence-electron chi connectivity index (χ2n) is 8.13. The number of rotatable bonds is 6. The Bertz CT molecular complexity index is 1200. The van der Waals surface area contributed by atoms with E-state index < -0.39 is 0 Å². The smallest absolute Gasteiger partial charge is 0.282 e. The molecule has 3 aromatic carbocycles. The number of methoxy groups -OCH3 is 1. The van der Waals surface area contributed by atoms with Crippen molar-refractivity contribution in [1.82, 2.24) is 0 Å². The van der Waals surface area contributed by atoms with Gasteiger partial charge in [0.05, 0.1) is 18.4 Å². The summed E-state index contributed by atoms with van der Waals surface area (Å²) in [6.45, 7) is 2.14. The molecule has 33 heavy (non-hydrogen) atoms. The highest BCUT2D eigenvalue weighted by molar-refractivity contribution is 6.46. The van der Waals surface area contributed by atoms with Crippen molar-refractivity contribution in [3.63, 3.8) is 0 Å². The summed E-state index contributed by atoms with van der Waals surface area (Å²) in [4.78, 5) is 30.5. The normalized spacial score (nSPS) is 16.0. The van der Waals surface area contributed by atoms with Crippen molar-refractivity contribution in [2.45, 2.75) is 12.8 Å². The maximum atomic E-state index is 13.5. The molecule has 3 aromatic rings. The van der Waals surface area contributed by atoms with Gasteiger partial charge in [0.1, 0.15) is 11.4 Å². The Morgan fingerprint density at radius 3 is 2.06 bits per heavy atom. The van der Waals surface area contributed by atoms with Gasteiger partial charge < -0.3 is 15.0 Å². The first-order chi connectivity index (χ1) is 16.2. The zero-order valence-electron chi connectivity index (χ0n) is 18.5. The molecule has 0 unspecified atom stereocenters. The predicted molar refractivity (Wildman–Crippen MR) is 130 cm³/mol. The first-order valence-corrected chi connectivity index (χ1v) is 11.1. The predicted octanol–water partition coefficient (Wildman–Crippen LogP) is 4.69. The van der Waals surface area contributed by atoms with Gasteiger partial charge in [-0.15, -0.1) is 0 Å². The number of ether oxygens (including phenoxy) is 1. The SMILES string of the molecule is COc1ccc(C2=C(Nc3ccc(N4CCCC4)cc3)C(=O)N(c3ccccc3)C2=O)cc1. The fourth-order valence-electron chi connectivity index (χ4n) is 4.36. The van der Waals surface area contributed by atoms with Gasteiger partial charge in [0, 0.05) is 24.5 Å². The van der Waals surface area contributed by atoms with Gasteiger partial charge in [-0.05, 0) is 66.9 Å².